The number of nitriles is 1. The molecule has 0 aromatic carbocycles. The van der Waals surface area contributed by atoms with Crippen molar-refractivity contribution in [3.63, 3.8) is 0 Å². The van der Waals surface area contributed by atoms with Crippen LogP contribution in [0, 0.1) is 11.3 Å². The Morgan fingerprint density at radius 3 is 2.83 bits per heavy atom. The van der Waals surface area contributed by atoms with Gasteiger partial charge in [-0.2, -0.15) is 21.1 Å². The predicted molar refractivity (Wildman–Crippen MR) is 110 cm³/mol. The SMILES string of the molecule is CC1CN(c2nccnc2C#N)CCN1c1ccc2nnc(-c3ccsc3)n2n1. The van der Waals surface area contributed by atoms with Gasteiger partial charge in [0.2, 0.25) is 0 Å². The summed E-state index contributed by atoms with van der Waals surface area (Å²) in [7, 11) is 0. The topological polar surface area (TPSA) is 99.1 Å². The van der Waals surface area contributed by atoms with Gasteiger partial charge in [-0.05, 0) is 30.5 Å². The molecule has 1 atom stereocenters. The molecule has 1 aliphatic heterocycles. The first-order chi connectivity index (χ1) is 14.2. The Balaban J connectivity index is 1.43. The Bertz CT molecular complexity index is 1190. The van der Waals surface area contributed by atoms with Crippen molar-refractivity contribution >= 4 is 28.6 Å². The molecular weight excluding hydrogens is 386 g/mol. The second kappa shape index (κ2) is 7.10. The minimum atomic E-state index is 0.184. The molecule has 4 aromatic rings. The number of piperazine rings is 1. The molecule has 5 rings (SSSR count). The molecule has 0 saturated carbocycles. The third-order valence-electron chi connectivity index (χ3n) is 5.03. The molecule has 10 heteroatoms. The molecule has 1 unspecified atom stereocenters. The maximum absolute atomic E-state index is 9.32. The van der Waals surface area contributed by atoms with Gasteiger partial charge in [0.05, 0.1) is 0 Å². The summed E-state index contributed by atoms with van der Waals surface area (Å²) in [6.45, 7) is 4.37. The normalized spacial score (nSPS) is 16.9. The van der Waals surface area contributed by atoms with Crippen LogP contribution in [0.3, 0.4) is 0 Å². The van der Waals surface area contributed by atoms with E-state index in [9.17, 15) is 5.26 Å². The molecule has 0 aliphatic carbocycles. The predicted octanol–water partition coefficient (Wildman–Crippen LogP) is 2.23. The fourth-order valence-electron chi connectivity index (χ4n) is 3.64. The van der Waals surface area contributed by atoms with Crippen molar-refractivity contribution in [1.82, 2.24) is 29.8 Å². The van der Waals surface area contributed by atoms with Crippen LogP contribution in [-0.4, -0.2) is 55.5 Å². The molecule has 9 nitrogen and oxygen atoms in total. The number of hydrogen-bond donors (Lipinski definition) is 0. The zero-order chi connectivity index (χ0) is 19.8. The fourth-order valence-corrected chi connectivity index (χ4v) is 4.27. The number of aromatic nitrogens is 6. The Kier molecular flexibility index (Phi) is 4.29. The first kappa shape index (κ1) is 17.5. The van der Waals surface area contributed by atoms with Gasteiger partial charge in [0.25, 0.3) is 0 Å². The summed E-state index contributed by atoms with van der Waals surface area (Å²) in [6, 6.07) is 8.26. The average Bonchev–Trinajstić information content (AvgIpc) is 3.42. The molecule has 1 fully saturated rings. The largest absolute Gasteiger partial charge is 0.350 e. The molecular formula is C19H17N9S. The van der Waals surface area contributed by atoms with Crippen LogP contribution >= 0.6 is 11.3 Å². The molecule has 0 bridgehead atoms. The Labute approximate surface area is 170 Å². The van der Waals surface area contributed by atoms with Crippen LogP contribution < -0.4 is 9.80 Å². The summed E-state index contributed by atoms with van der Waals surface area (Å²) >= 11 is 1.62. The zero-order valence-electron chi connectivity index (χ0n) is 15.7. The molecule has 5 heterocycles. The maximum Gasteiger partial charge on any atom is 0.186 e. The molecule has 29 heavy (non-hydrogen) atoms. The lowest BCUT2D eigenvalue weighted by molar-refractivity contribution is 0.539. The van der Waals surface area contributed by atoms with Crippen LogP contribution in [0.4, 0.5) is 11.6 Å². The van der Waals surface area contributed by atoms with Gasteiger partial charge < -0.3 is 9.80 Å². The van der Waals surface area contributed by atoms with Crippen LogP contribution in [0.15, 0.2) is 41.4 Å². The molecule has 1 aliphatic rings. The van der Waals surface area contributed by atoms with E-state index in [-0.39, 0.29) is 6.04 Å². The Morgan fingerprint density at radius 1 is 1.14 bits per heavy atom. The van der Waals surface area contributed by atoms with Gasteiger partial charge in [-0.15, -0.1) is 15.3 Å². The van der Waals surface area contributed by atoms with Crippen LogP contribution in [0.25, 0.3) is 17.0 Å². The van der Waals surface area contributed by atoms with Crippen molar-refractivity contribution in [2.45, 2.75) is 13.0 Å². The molecule has 0 N–H and O–H groups in total. The molecule has 0 amide bonds. The van der Waals surface area contributed by atoms with Crippen LogP contribution in [0.5, 0.6) is 0 Å². The van der Waals surface area contributed by atoms with Gasteiger partial charge in [0.1, 0.15) is 11.9 Å². The van der Waals surface area contributed by atoms with E-state index in [2.05, 4.69) is 43.0 Å². The van der Waals surface area contributed by atoms with E-state index in [1.165, 1.54) is 0 Å². The lowest BCUT2D eigenvalue weighted by Crippen LogP contribution is -2.53. The van der Waals surface area contributed by atoms with E-state index in [4.69, 9.17) is 5.10 Å². The highest BCUT2D eigenvalue weighted by molar-refractivity contribution is 7.08. The quantitative estimate of drug-likeness (QED) is 0.513. The van der Waals surface area contributed by atoms with E-state index in [1.54, 1.807) is 28.2 Å². The van der Waals surface area contributed by atoms with Gasteiger partial charge >= 0.3 is 0 Å². The second-order valence-electron chi connectivity index (χ2n) is 6.83. The minimum absolute atomic E-state index is 0.184. The first-order valence-electron chi connectivity index (χ1n) is 9.22. The summed E-state index contributed by atoms with van der Waals surface area (Å²) in [5, 5.41) is 26.7. The van der Waals surface area contributed by atoms with Gasteiger partial charge in [0, 0.05) is 49.0 Å². The highest BCUT2D eigenvalue weighted by Gasteiger charge is 2.27. The minimum Gasteiger partial charge on any atom is -0.350 e. The highest BCUT2D eigenvalue weighted by Crippen LogP contribution is 2.25. The Hall–Kier alpha value is -3.58. The number of rotatable bonds is 3. The standard InChI is InChI=1S/C19H17N9S/c1-13-11-26(19-15(10-20)21-5-6-22-19)7-8-27(13)17-3-2-16-23-24-18(28(16)25-17)14-4-9-29-12-14/h2-6,9,12-13H,7-8,11H2,1H3. The number of thiophene rings is 1. The summed E-state index contributed by atoms with van der Waals surface area (Å²) in [4.78, 5) is 12.9. The third-order valence-corrected chi connectivity index (χ3v) is 5.72. The zero-order valence-corrected chi connectivity index (χ0v) is 16.5. The van der Waals surface area contributed by atoms with Gasteiger partial charge in [-0.3, -0.25) is 0 Å². The van der Waals surface area contributed by atoms with Crippen LogP contribution in [0.2, 0.25) is 0 Å². The summed E-state index contributed by atoms with van der Waals surface area (Å²) < 4.78 is 1.80. The third kappa shape index (κ3) is 3.05. The van der Waals surface area contributed by atoms with Crippen molar-refractivity contribution < 1.29 is 0 Å². The van der Waals surface area contributed by atoms with Gasteiger partial charge in [-0.1, -0.05) is 0 Å². The van der Waals surface area contributed by atoms with E-state index in [0.29, 0.717) is 11.5 Å². The summed E-state index contributed by atoms with van der Waals surface area (Å²) in [6.07, 6.45) is 3.17. The van der Waals surface area contributed by atoms with E-state index in [1.807, 2.05) is 29.0 Å². The number of fused-ring (bicyclic) bond motifs is 1. The second-order valence-corrected chi connectivity index (χ2v) is 7.61. The number of hydrogen-bond acceptors (Lipinski definition) is 9. The van der Waals surface area contributed by atoms with Gasteiger partial charge in [0.15, 0.2) is 23.0 Å². The number of nitrogens with zero attached hydrogens (tertiary/aromatic N) is 9. The summed E-state index contributed by atoms with van der Waals surface area (Å²) in [5.74, 6) is 2.26. The molecule has 0 spiro atoms. The fraction of sp³-hybridized carbons (Fsp3) is 0.263. The lowest BCUT2D eigenvalue weighted by atomic mass is 10.2. The first-order valence-corrected chi connectivity index (χ1v) is 10.2. The number of anilines is 2. The van der Waals surface area contributed by atoms with Crippen LogP contribution in [-0.2, 0) is 0 Å². The van der Waals surface area contributed by atoms with Gasteiger partial charge in [-0.25, -0.2) is 9.97 Å². The van der Waals surface area contributed by atoms with Crippen LogP contribution in [0.1, 0.15) is 12.6 Å². The Morgan fingerprint density at radius 2 is 2.03 bits per heavy atom. The molecule has 0 radical (unpaired) electrons. The lowest BCUT2D eigenvalue weighted by Gasteiger charge is -2.41. The van der Waals surface area contributed by atoms with E-state index in [0.717, 1.165) is 42.5 Å². The van der Waals surface area contributed by atoms with Crippen molar-refractivity contribution in [1.29, 1.82) is 5.26 Å². The van der Waals surface area contributed by atoms with E-state index >= 15 is 0 Å². The molecule has 144 valence electrons. The molecule has 1 saturated heterocycles. The highest BCUT2D eigenvalue weighted by atomic mass is 32.1. The molecule has 4 aromatic heterocycles. The smallest absolute Gasteiger partial charge is 0.186 e. The monoisotopic (exact) mass is 403 g/mol. The van der Waals surface area contributed by atoms with Crippen molar-refractivity contribution in [2.24, 2.45) is 0 Å². The van der Waals surface area contributed by atoms with Crippen molar-refractivity contribution in [2.75, 3.05) is 29.4 Å². The van der Waals surface area contributed by atoms with Crippen molar-refractivity contribution in [3.05, 3.63) is 47.0 Å². The maximum atomic E-state index is 9.32. The summed E-state index contributed by atoms with van der Waals surface area (Å²) in [5.41, 5.74) is 2.09. The van der Waals surface area contributed by atoms with Crippen molar-refractivity contribution in [3.8, 4) is 17.5 Å². The average molecular weight is 403 g/mol. The van der Waals surface area contributed by atoms with E-state index < -0.39 is 0 Å².